The van der Waals surface area contributed by atoms with E-state index in [1.807, 2.05) is 30.3 Å². The maximum absolute atomic E-state index is 12.5. The molecule has 0 spiro atoms. The van der Waals surface area contributed by atoms with Crippen LogP contribution in [0.2, 0.25) is 0 Å². The number of hydrogen-bond acceptors (Lipinski definition) is 5. The molecule has 5 heteroatoms. The van der Waals surface area contributed by atoms with Crippen LogP contribution in [0.1, 0.15) is 15.9 Å². The van der Waals surface area contributed by atoms with Gasteiger partial charge in [-0.1, -0.05) is 30.3 Å². The van der Waals surface area contributed by atoms with Crippen LogP contribution in [0.5, 0.6) is 11.5 Å². The Morgan fingerprint density at radius 3 is 2.12 bits per heavy atom. The molecule has 2 aromatic carbocycles. The van der Waals surface area contributed by atoms with Crippen LogP contribution in [0.3, 0.4) is 0 Å². The molecule has 0 radical (unpaired) electrons. The van der Waals surface area contributed by atoms with E-state index >= 15 is 0 Å². The van der Waals surface area contributed by atoms with Crippen molar-refractivity contribution in [1.82, 2.24) is 0 Å². The van der Waals surface area contributed by atoms with Gasteiger partial charge < -0.3 is 15.2 Å². The van der Waals surface area contributed by atoms with Crippen molar-refractivity contribution in [3.8, 4) is 11.5 Å². The van der Waals surface area contributed by atoms with Crippen molar-refractivity contribution in [2.24, 2.45) is 10.7 Å². The summed E-state index contributed by atoms with van der Waals surface area (Å²) >= 11 is 0. The maximum Gasteiger partial charge on any atom is 0.186 e. The number of ether oxygens (including phenoxy) is 2. The number of benzene rings is 2. The first kappa shape index (κ1) is 19.0. The monoisotopic (exact) mass is 350 g/mol. The summed E-state index contributed by atoms with van der Waals surface area (Å²) in [5.74, 6) is 0.924. The molecule has 0 heterocycles. The summed E-state index contributed by atoms with van der Waals surface area (Å²) in [6.45, 7) is 0. The number of ketones is 1. The van der Waals surface area contributed by atoms with E-state index in [-0.39, 0.29) is 5.78 Å². The molecule has 0 aliphatic heterocycles. The second-order valence-electron chi connectivity index (χ2n) is 5.41. The number of aliphatic imine (C=N–C) groups is 1. The first-order valence-electron chi connectivity index (χ1n) is 8.02. The van der Waals surface area contributed by atoms with E-state index in [4.69, 9.17) is 15.2 Å². The lowest BCUT2D eigenvalue weighted by Gasteiger charge is -2.06. The largest absolute Gasteiger partial charge is 0.497 e. The van der Waals surface area contributed by atoms with E-state index in [0.717, 1.165) is 5.56 Å². The Labute approximate surface area is 153 Å². The zero-order chi connectivity index (χ0) is 18.9. The van der Waals surface area contributed by atoms with Gasteiger partial charge in [-0.15, -0.1) is 0 Å². The van der Waals surface area contributed by atoms with E-state index in [0.29, 0.717) is 28.5 Å². The minimum Gasteiger partial charge on any atom is -0.497 e. The summed E-state index contributed by atoms with van der Waals surface area (Å²) < 4.78 is 10.4. The summed E-state index contributed by atoms with van der Waals surface area (Å²) in [6, 6.07) is 14.6. The van der Waals surface area contributed by atoms with Crippen LogP contribution in [0.25, 0.3) is 5.70 Å². The molecule has 0 bridgehead atoms. The summed E-state index contributed by atoms with van der Waals surface area (Å²) in [7, 11) is 4.73. The average molecular weight is 350 g/mol. The van der Waals surface area contributed by atoms with Crippen LogP contribution >= 0.6 is 0 Å². The lowest BCUT2D eigenvalue weighted by molar-refractivity contribution is 0.104. The summed E-state index contributed by atoms with van der Waals surface area (Å²) in [4.78, 5) is 16.6. The third-order valence-electron chi connectivity index (χ3n) is 3.71. The summed E-state index contributed by atoms with van der Waals surface area (Å²) in [5, 5.41) is 0. The van der Waals surface area contributed by atoms with Crippen LogP contribution < -0.4 is 15.2 Å². The van der Waals surface area contributed by atoms with Gasteiger partial charge in [0.1, 0.15) is 11.5 Å². The van der Waals surface area contributed by atoms with Gasteiger partial charge in [0.05, 0.1) is 19.9 Å². The second kappa shape index (κ2) is 9.22. The fourth-order valence-corrected chi connectivity index (χ4v) is 2.27. The predicted molar refractivity (Wildman–Crippen MR) is 105 cm³/mol. The Morgan fingerprint density at radius 1 is 0.962 bits per heavy atom. The van der Waals surface area contributed by atoms with Gasteiger partial charge in [0.15, 0.2) is 5.78 Å². The lowest BCUT2D eigenvalue weighted by atomic mass is 10.1. The Morgan fingerprint density at radius 2 is 1.58 bits per heavy atom. The van der Waals surface area contributed by atoms with E-state index in [9.17, 15) is 4.79 Å². The summed E-state index contributed by atoms with van der Waals surface area (Å²) in [6.07, 6.45) is 4.81. The number of nitrogens with two attached hydrogens (primary N) is 1. The number of rotatable bonds is 7. The van der Waals surface area contributed by atoms with Crippen molar-refractivity contribution in [1.29, 1.82) is 0 Å². The fourth-order valence-electron chi connectivity index (χ4n) is 2.27. The van der Waals surface area contributed by atoms with Crippen LogP contribution in [-0.4, -0.2) is 32.8 Å². The molecular formula is C21H22N2O3. The molecule has 0 atom stereocenters. The highest BCUT2D eigenvalue weighted by atomic mass is 16.5. The summed E-state index contributed by atoms with van der Waals surface area (Å²) in [5.41, 5.74) is 8.62. The van der Waals surface area contributed by atoms with Crippen LogP contribution in [0.15, 0.2) is 71.8 Å². The van der Waals surface area contributed by atoms with Gasteiger partial charge in [-0.2, -0.15) is 0 Å². The van der Waals surface area contributed by atoms with Gasteiger partial charge in [0, 0.05) is 24.4 Å². The Hall–Kier alpha value is -3.34. The zero-order valence-corrected chi connectivity index (χ0v) is 15.1. The Bertz CT molecular complexity index is 831. The van der Waals surface area contributed by atoms with Gasteiger partial charge in [0.2, 0.25) is 0 Å². The van der Waals surface area contributed by atoms with Crippen molar-refractivity contribution in [3.05, 3.63) is 77.9 Å². The van der Waals surface area contributed by atoms with Crippen molar-refractivity contribution in [2.75, 3.05) is 21.3 Å². The minimum atomic E-state index is -0.185. The number of carbonyl (C=O) groups is 1. The van der Waals surface area contributed by atoms with Crippen molar-refractivity contribution in [3.63, 3.8) is 0 Å². The molecule has 0 saturated heterocycles. The van der Waals surface area contributed by atoms with E-state index in [1.54, 1.807) is 37.4 Å². The number of hydrogen-bond donors (Lipinski definition) is 1. The van der Waals surface area contributed by atoms with Crippen LogP contribution in [0, 0.1) is 0 Å². The first-order chi connectivity index (χ1) is 12.6. The minimum absolute atomic E-state index is 0.185. The fraction of sp³-hybridized carbons (Fsp3) is 0.143. The zero-order valence-electron chi connectivity index (χ0n) is 15.1. The van der Waals surface area contributed by atoms with E-state index < -0.39 is 0 Å². The molecule has 0 amide bonds. The predicted octanol–water partition coefficient (Wildman–Crippen LogP) is 3.51. The highest BCUT2D eigenvalue weighted by molar-refractivity contribution is 6.13. The molecule has 0 aliphatic carbocycles. The third kappa shape index (κ3) is 5.08. The molecule has 2 N–H and O–H groups in total. The Balaban J connectivity index is 2.20. The van der Waals surface area contributed by atoms with Gasteiger partial charge in [0.25, 0.3) is 0 Å². The van der Waals surface area contributed by atoms with E-state index in [1.165, 1.54) is 20.3 Å². The quantitative estimate of drug-likeness (QED) is 0.471. The van der Waals surface area contributed by atoms with Crippen LogP contribution in [0.4, 0.5) is 0 Å². The molecular weight excluding hydrogens is 328 g/mol. The Kier molecular flexibility index (Phi) is 6.74. The standard InChI is InChI=1S/C21H22N2O3/c1-23-17(13-20(22)15-7-5-4-6-8-15)9-10-21(24)16-11-18(25-2)14-19(12-16)26-3/h4-14H,22H2,1-3H3/b10-9+,20-13?,23-17?. The smallest absolute Gasteiger partial charge is 0.186 e. The SMILES string of the molecule is CN=C(C=C(N)c1ccccc1)/C=C/C(=O)c1cc(OC)cc(OC)c1. The van der Waals surface area contributed by atoms with Crippen molar-refractivity contribution < 1.29 is 14.3 Å². The number of carbonyl (C=O) groups excluding carboxylic acids is 1. The molecule has 0 fully saturated rings. The van der Waals surface area contributed by atoms with Crippen molar-refractivity contribution >= 4 is 17.2 Å². The van der Waals surface area contributed by atoms with E-state index in [2.05, 4.69) is 4.99 Å². The molecule has 0 saturated carbocycles. The highest BCUT2D eigenvalue weighted by Crippen LogP contribution is 2.23. The molecule has 0 unspecified atom stereocenters. The number of allylic oxidation sites excluding steroid dienone is 3. The maximum atomic E-state index is 12.5. The molecule has 134 valence electrons. The van der Waals surface area contributed by atoms with Gasteiger partial charge in [-0.25, -0.2) is 0 Å². The molecule has 2 aromatic rings. The van der Waals surface area contributed by atoms with Gasteiger partial charge in [-0.3, -0.25) is 9.79 Å². The average Bonchev–Trinajstić information content (AvgIpc) is 2.70. The van der Waals surface area contributed by atoms with Crippen LogP contribution in [-0.2, 0) is 0 Å². The second-order valence-corrected chi connectivity index (χ2v) is 5.41. The number of nitrogens with zero attached hydrogens (tertiary/aromatic N) is 1. The molecule has 2 rings (SSSR count). The molecule has 0 aliphatic rings. The lowest BCUT2D eigenvalue weighted by Crippen LogP contribution is -2.02. The molecule has 26 heavy (non-hydrogen) atoms. The topological polar surface area (TPSA) is 73.9 Å². The molecule has 0 aromatic heterocycles. The first-order valence-corrected chi connectivity index (χ1v) is 8.02. The normalized spacial score (nSPS) is 12.3. The van der Waals surface area contributed by atoms with Gasteiger partial charge >= 0.3 is 0 Å². The van der Waals surface area contributed by atoms with Gasteiger partial charge in [-0.05, 0) is 35.9 Å². The molecule has 5 nitrogen and oxygen atoms in total. The highest BCUT2D eigenvalue weighted by Gasteiger charge is 2.07. The van der Waals surface area contributed by atoms with Crippen molar-refractivity contribution in [2.45, 2.75) is 0 Å². The number of methoxy groups -OCH3 is 2. The third-order valence-corrected chi connectivity index (χ3v) is 3.71.